The van der Waals surface area contributed by atoms with Crippen LogP contribution in [0.3, 0.4) is 0 Å². The van der Waals surface area contributed by atoms with Crippen molar-refractivity contribution in [2.75, 3.05) is 11.9 Å². The first kappa shape index (κ1) is 12.2. The van der Waals surface area contributed by atoms with Crippen LogP contribution in [0.5, 0.6) is 0 Å². The lowest BCUT2D eigenvalue weighted by Gasteiger charge is -2.09. The van der Waals surface area contributed by atoms with E-state index in [-0.39, 0.29) is 5.56 Å². The van der Waals surface area contributed by atoms with Crippen molar-refractivity contribution in [1.29, 1.82) is 0 Å². The van der Waals surface area contributed by atoms with E-state index in [1.165, 1.54) is 19.3 Å². The molecule has 0 aliphatic heterocycles. The van der Waals surface area contributed by atoms with Gasteiger partial charge in [0, 0.05) is 13.1 Å². The number of halogens is 1. The summed E-state index contributed by atoms with van der Waals surface area (Å²) in [5.74, 6) is 2.23. The number of nitrogens with one attached hydrogen (secondary N) is 1. The summed E-state index contributed by atoms with van der Waals surface area (Å²) in [5.41, 5.74) is 0.807. The smallest absolute Gasteiger partial charge is 0.283 e. The molecule has 18 heavy (non-hydrogen) atoms. The van der Waals surface area contributed by atoms with Gasteiger partial charge in [0.2, 0.25) is 0 Å². The highest BCUT2D eigenvalue weighted by Gasteiger charge is 2.32. The van der Waals surface area contributed by atoms with Crippen LogP contribution in [-0.2, 0) is 6.54 Å². The van der Waals surface area contributed by atoms with Gasteiger partial charge in [0.25, 0.3) is 5.56 Å². The minimum atomic E-state index is -0.0178. The van der Waals surface area contributed by atoms with Gasteiger partial charge in [-0.3, -0.25) is 4.79 Å². The maximum absolute atomic E-state index is 12.1. The van der Waals surface area contributed by atoms with Crippen LogP contribution in [0.1, 0.15) is 26.2 Å². The van der Waals surface area contributed by atoms with Crippen LogP contribution in [0.25, 0.3) is 0 Å². The minimum Gasteiger partial charge on any atom is -0.382 e. The highest BCUT2D eigenvalue weighted by atomic mass is 79.9. The summed E-state index contributed by atoms with van der Waals surface area (Å²) in [7, 11) is 0. The van der Waals surface area contributed by atoms with Crippen LogP contribution in [0.4, 0.5) is 5.69 Å². The molecule has 3 rings (SSSR count). The molecule has 0 saturated heterocycles. The van der Waals surface area contributed by atoms with E-state index in [0.29, 0.717) is 10.4 Å². The summed E-state index contributed by atoms with van der Waals surface area (Å²) >= 11 is 3.39. The normalized spacial score (nSPS) is 26.1. The largest absolute Gasteiger partial charge is 0.382 e. The lowest BCUT2D eigenvalue weighted by molar-refractivity contribution is 0.531. The van der Waals surface area contributed by atoms with Gasteiger partial charge in [-0.15, -0.1) is 0 Å². The Bertz CT molecular complexity index is 509. The number of hydrogen-bond acceptors (Lipinski definition) is 3. The highest BCUT2D eigenvalue weighted by Crippen LogP contribution is 2.37. The molecule has 0 spiro atoms. The molecule has 98 valence electrons. The van der Waals surface area contributed by atoms with Gasteiger partial charge in [-0.05, 0) is 52.9 Å². The van der Waals surface area contributed by atoms with E-state index in [9.17, 15) is 4.79 Å². The maximum Gasteiger partial charge on any atom is 0.283 e. The fraction of sp³-hybridized carbons (Fsp3) is 0.692. The van der Waals surface area contributed by atoms with E-state index < -0.39 is 0 Å². The maximum atomic E-state index is 12.1. The summed E-state index contributed by atoms with van der Waals surface area (Å²) < 4.78 is 2.19. The van der Waals surface area contributed by atoms with E-state index in [0.717, 1.165) is 30.6 Å². The standard InChI is InChI=1S/C13H18BrN3O/c1-8-4-10(8)5-15-11-6-16-17(7-9-2-3-9)13(18)12(11)14/h6,8-10,15H,2-5,7H2,1H3. The molecule has 4 nitrogen and oxygen atoms in total. The Labute approximate surface area is 115 Å². The zero-order valence-electron chi connectivity index (χ0n) is 10.5. The van der Waals surface area contributed by atoms with Crippen molar-refractivity contribution in [3.63, 3.8) is 0 Å². The molecule has 1 aromatic heterocycles. The monoisotopic (exact) mass is 311 g/mol. The summed E-state index contributed by atoms with van der Waals surface area (Å²) in [4.78, 5) is 12.1. The average Bonchev–Trinajstić information content (AvgIpc) is 3.24. The Balaban J connectivity index is 1.70. The fourth-order valence-corrected chi connectivity index (χ4v) is 2.64. The third kappa shape index (κ3) is 2.60. The van der Waals surface area contributed by atoms with Crippen LogP contribution in [-0.4, -0.2) is 16.3 Å². The van der Waals surface area contributed by atoms with Crippen molar-refractivity contribution < 1.29 is 0 Å². The molecule has 2 aliphatic rings. The Morgan fingerprint density at radius 3 is 2.89 bits per heavy atom. The molecule has 1 N–H and O–H groups in total. The van der Waals surface area contributed by atoms with Gasteiger partial charge in [0.1, 0.15) is 4.47 Å². The molecule has 5 heteroatoms. The third-order valence-corrected chi connectivity index (χ3v) is 4.71. The van der Waals surface area contributed by atoms with Gasteiger partial charge in [-0.1, -0.05) is 6.92 Å². The van der Waals surface area contributed by atoms with E-state index in [2.05, 4.69) is 33.3 Å². The Morgan fingerprint density at radius 2 is 2.28 bits per heavy atom. The zero-order valence-corrected chi connectivity index (χ0v) is 12.1. The number of nitrogens with zero attached hydrogens (tertiary/aromatic N) is 2. The molecule has 2 unspecified atom stereocenters. The number of anilines is 1. The molecule has 2 saturated carbocycles. The summed E-state index contributed by atoms with van der Waals surface area (Å²) in [5, 5.41) is 7.57. The van der Waals surface area contributed by atoms with Gasteiger partial charge >= 0.3 is 0 Å². The van der Waals surface area contributed by atoms with Crippen molar-refractivity contribution in [2.45, 2.75) is 32.7 Å². The van der Waals surface area contributed by atoms with Gasteiger partial charge in [-0.25, -0.2) is 4.68 Å². The van der Waals surface area contributed by atoms with Gasteiger partial charge in [0.15, 0.2) is 0 Å². The SMILES string of the molecule is CC1CC1CNc1cnn(CC2CC2)c(=O)c1Br. The van der Waals surface area contributed by atoms with Crippen molar-refractivity contribution in [3.05, 3.63) is 21.0 Å². The molecule has 0 bridgehead atoms. The van der Waals surface area contributed by atoms with Crippen molar-refractivity contribution >= 4 is 21.6 Å². The fourth-order valence-electron chi connectivity index (χ4n) is 2.19. The van der Waals surface area contributed by atoms with Gasteiger partial charge < -0.3 is 5.32 Å². The molecule has 0 amide bonds. The van der Waals surface area contributed by atoms with Crippen LogP contribution in [0.2, 0.25) is 0 Å². The lowest BCUT2D eigenvalue weighted by atomic mass is 10.3. The zero-order chi connectivity index (χ0) is 12.7. The first-order chi connectivity index (χ1) is 8.65. The Kier molecular flexibility index (Phi) is 3.18. The lowest BCUT2D eigenvalue weighted by Crippen LogP contribution is -2.25. The van der Waals surface area contributed by atoms with E-state index in [1.54, 1.807) is 10.9 Å². The molecule has 0 aromatic carbocycles. The van der Waals surface area contributed by atoms with Gasteiger partial charge in [-0.2, -0.15) is 5.10 Å². The molecule has 2 fully saturated rings. The first-order valence-corrected chi connectivity index (χ1v) is 7.44. The average molecular weight is 312 g/mol. The molecule has 1 aromatic rings. The Morgan fingerprint density at radius 1 is 1.56 bits per heavy atom. The third-order valence-electron chi connectivity index (χ3n) is 3.94. The van der Waals surface area contributed by atoms with Crippen molar-refractivity contribution in [2.24, 2.45) is 17.8 Å². The first-order valence-electron chi connectivity index (χ1n) is 6.64. The van der Waals surface area contributed by atoms with Crippen LogP contribution >= 0.6 is 15.9 Å². The quantitative estimate of drug-likeness (QED) is 0.908. The summed E-state index contributed by atoms with van der Waals surface area (Å²) in [6.45, 7) is 3.96. The molecule has 2 atom stereocenters. The minimum absolute atomic E-state index is 0.0178. The second-order valence-corrected chi connectivity index (χ2v) is 6.45. The van der Waals surface area contributed by atoms with Crippen LogP contribution < -0.4 is 10.9 Å². The van der Waals surface area contributed by atoms with Crippen LogP contribution in [0, 0.1) is 17.8 Å². The van der Waals surface area contributed by atoms with Gasteiger partial charge in [0.05, 0.1) is 11.9 Å². The van der Waals surface area contributed by atoms with E-state index in [1.807, 2.05) is 0 Å². The molecule has 0 radical (unpaired) electrons. The highest BCUT2D eigenvalue weighted by molar-refractivity contribution is 9.10. The van der Waals surface area contributed by atoms with E-state index >= 15 is 0 Å². The molecular formula is C13H18BrN3O. The summed E-state index contributed by atoms with van der Waals surface area (Å²) in [6.07, 6.45) is 5.51. The predicted octanol–water partition coefficient (Wildman–Crippen LogP) is 2.48. The molecule has 1 heterocycles. The predicted molar refractivity (Wildman–Crippen MR) is 74.7 cm³/mol. The van der Waals surface area contributed by atoms with Crippen molar-refractivity contribution in [1.82, 2.24) is 9.78 Å². The molecular weight excluding hydrogens is 294 g/mol. The van der Waals surface area contributed by atoms with E-state index in [4.69, 9.17) is 0 Å². The second-order valence-electron chi connectivity index (χ2n) is 5.66. The van der Waals surface area contributed by atoms with Crippen LogP contribution in [0.15, 0.2) is 15.5 Å². The van der Waals surface area contributed by atoms with Crippen molar-refractivity contribution in [3.8, 4) is 0 Å². The topological polar surface area (TPSA) is 46.9 Å². The number of rotatable bonds is 5. The number of hydrogen-bond donors (Lipinski definition) is 1. The molecule has 2 aliphatic carbocycles. The second kappa shape index (κ2) is 4.68. The Hall–Kier alpha value is -0.840. The number of aromatic nitrogens is 2. The summed E-state index contributed by atoms with van der Waals surface area (Å²) in [6, 6.07) is 0.